The number of nitrogens with zero attached hydrogens (tertiary/aromatic N) is 1. The summed E-state index contributed by atoms with van der Waals surface area (Å²) in [6.07, 6.45) is 9.06. The van der Waals surface area contributed by atoms with Gasteiger partial charge in [0.25, 0.3) is 0 Å². The standard InChI is InChI=1S/C15H23NO2S/c1-3-18-15(17)13-11(2)19-14(16-13)12-9-7-5-4-6-8-10-12/h12H,3-10H2,1-2H3. The second kappa shape index (κ2) is 7.04. The Balaban J connectivity index is 2.11. The normalized spacial score (nSPS) is 17.8. The lowest BCUT2D eigenvalue weighted by Gasteiger charge is -2.17. The Morgan fingerprint density at radius 3 is 2.53 bits per heavy atom. The van der Waals surface area contributed by atoms with Gasteiger partial charge in [0.2, 0.25) is 0 Å². The molecule has 3 nitrogen and oxygen atoms in total. The molecule has 1 aromatic rings. The highest BCUT2D eigenvalue weighted by molar-refractivity contribution is 7.12. The fourth-order valence-electron chi connectivity index (χ4n) is 2.68. The number of carbonyl (C=O) groups is 1. The van der Waals surface area contributed by atoms with Gasteiger partial charge in [-0.25, -0.2) is 9.78 Å². The summed E-state index contributed by atoms with van der Waals surface area (Å²) in [6.45, 7) is 4.21. The topological polar surface area (TPSA) is 39.2 Å². The molecule has 0 amide bonds. The molecule has 2 rings (SSSR count). The van der Waals surface area contributed by atoms with Crippen molar-refractivity contribution in [2.24, 2.45) is 0 Å². The molecule has 1 heterocycles. The van der Waals surface area contributed by atoms with Crippen molar-refractivity contribution in [3.8, 4) is 0 Å². The van der Waals surface area contributed by atoms with Crippen molar-refractivity contribution in [2.75, 3.05) is 6.61 Å². The Bertz CT molecular complexity index is 420. The molecule has 0 saturated heterocycles. The zero-order valence-electron chi connectivity index (χ0n) is 11.9. The molecule has 1 aliphatic carbocycles. The summed E-state index contributed by atoms with van der Waals surface area (Å²) in [5, 5.41) is 1.14. The molecule has 1 fully saturated rings. The van der Waals surface area contributed by atoms with Gasteiger partial charge in [-0.2, -0.15) is 0 Å². The molecule has 0 spiro atoms. The molecule has 19 heavy (non-hydrogen) atoms. The number of hydrogen-bond acceptors (Lipinski definition) is 4. The Morgan fingerprint density at radius 1 is 1.26 bits per heavy atom. The van der Waals surface area contributed by atoms with Gasteiger partial charge in [-0.15, -0.1) is 11.3 Å². The molecule has 0 aromatic carbocycles. The molecule has 106 valence electrons. The number of carbonyl (C=O) groups excluding carboxylic acids is 1. The lowest BCUT2D eigenvalue weighted by Crippen LogP contribution is -2.08. The van der Waals surface area contributed by atoms with E-state index < -0.39 is 0 Å². The minimum atomic E-state index is -0.270. The van der Waals surface area contributed by atoms with Crippen LogP contribution < -0.4 is 0 Å². The molecule has 0 N–H and O–H groups in total. The van der Waals surface area contributed by atoms with Crippen molar-refractivity contribution in [3.05, 3.63) is 15.6 Å². The smallest absolute Gasteiger partial charge is 0.358 e. The summed E-state index contributed by atoms with van der Waals surface area (Å²) >= 11 is 1.68. The van der Waals surface area contributed by atoms with E-state index in [1.54, 1.807) is 11.3 Å². The lowest BCUT2D eigenvalue weighted by atomic mass is 9.92. The van der Waals surface area contributed by atoms with Crippen molar-refractivity contribution in [3.63, 3.8) is 0 Å². The Labute approximate surface area is 119 Å². The van der Waals surface area contributed by atoms with Gasteiger partial charge in [-0.1, -0.05) is 32.1 Å². The van der Waals surface area contributed by atoms with Crippen LogP contribution in [0.3, 0.4) is 0 Å². The van der Waals surface area contributed by atoms with Crippen molar-refractivity contribution >= 4 is 17.3 Å². The molecule has 1 aromatic heterocycles. The average Bonchev–Trinajstić information content (AvgIpc) is 2.71. The van der Waals surface area contributed by atoms with Gasteiger partial charge in [0.15, 0.2) is 5.69 Å². The minimum absolute atomic E-state index is 0.270. The fourth-order valence-corrected chi connectivity index (χ4v) is 3.76. The van der Waals surface area contributed by atoms with Crippen LogP contribution in [0.5, 0.6) is 0 Å². The zero-order valence-corrected chi connectivity index (χ0v) is 12.7. The minimum Gasteiger partial charge on any atom is -0.461 e. The maximum Gasteiger partial charge on any atom is 0.358 e. The predicted molar refractivity (Wildman–Crippen MR) is 77.9 cm³/mol. The van der Waals surface area contributed by atoms with Gasteiger partial charge >= 0.3 is 5.97 Å². The number of hydrogen-bond donors (Lipinski definition) is 0. The van der Waals surface area contributed by atoms with E-state index in [1.807, 2.05) is 13.8 Å². The Kier molecular flexibility index (Phi) is 5.37. The van der Waals surface area contributed by atoms with Crippen LogP contribution in [0.2, 0.25) is 0 Å². The molecular formula is C15H23NO2S. The third-order valence-electron chi connectivity index (χ3n) is 3.74. The number of rotatable bonds is 3. The van der Waals surface area contributed by atoms with Gasteiger partial charge < -0.3 is 4.74 Å². The third-order valence-corrected chi connectivity index (χ3v) is 4.87. The molecule has 1 saturated carbocycles. The summed E-state index contributed by atoms with van der Waals surface area (Å²) in [6, 6.07) is 0. The van der Waals surface area contributed by atoms with E-state index in [0.29, 0.717) is 18.2 Å². The summed E-state index contributed by atoms with van der Waals surface area (Å²) in [5.41, 5.74) is 0.531. The van der Waals surface area contributed by atoms with Crippen LogP contribution in [0.4, 0.5) is 0 Å². The molecule has 0 atom stereocenters. The van der Waals surface area contributed by atoms with Crippen LogP contribution in [-0.2, 0) is 4.74 Å². The van der Waals surface area contributed by atoms with E-state index in [0.717, 1.165) is 9.88 Å². The molecule has 0 unspecified atom stereocenters. The van der Waals surface area contributed by atoms with E-state index in [-0.39, 0.29) is 5.97 Å². The van der Waals surface area contributed by atoms with E-state index in [9.17, 15) is 4.79 Å². The molecule has 4 heteroatoms. The van der Waals surface area contributed by atoms with Crippen molar-refractivity contribution in [2.45, 2.75) is 64.7 Å². The summed E-state index contributed by atoms with van der Waals surface area (Å²) < 4.78 is 5.06. The van der Waals surface area contributed by atoms with E-state index in [4.69, 9.17) is 4.74 Å². The van der Waals surface area contributed by atoms with Crippen LogP contribution in [0.1, 0.15) is 78.2 Å². The maximum atomic E-state index is 11.8. The van der Waals surface area contributed by atoms with Crippen molar-refractivity contribution in [1.82, 2.24) is 4.98 Å². The maximum absolute atomic E-state index is 11.8. The number of ether oxygens (including phenoxy) is 1. The second-order valence-electron chi connectivity index (χ2n) is 5.22. The first-order chi connectivity index (χ1) is 9.22. The largest absolute Gasteiger partial charge is 0.461 e. The Hall–Kier alpha value is -0.900. The number of aromatic nitrogens is 1. The molecule has 0 radical (unpaired) electrons. The number of esters is 1. The molecule has 1 aliphatic rings. The first-order valence-electron chi connectivity index (χ1n) is 7.36. The third kappa shape index (κ3) is 3.78. The number of thiazole rings is 1. The number of aryl methyl sites for hydroxylation is 1. The van der Waals surface area contributed by atoms with E-state index in [2.05, 4.69) is 4.98 Å². The highest BCUT2D eigenvalue weighted by Crippen LogP contribution is 2.34. The SMILES string of the molecule is CCOC(=O)c1nc(C2CCCCCCC2)sc1C. The van der Waals surface area contributed by atoms with E-state index in [1.165, 1.54) is 44.9 Å². The fraction of sp³-hybridized carbons (Fsp3) is 0.733. The highest BCUT2D eigenvalue weighted by Gasteiger charge is 2.22. The lowest BCUT2D eigenvalue weighted by molar-refractivity contribution is 0.0519. The highest BCUT2D eigenvalue weighted by atomic mass is 32.1. The first kappa shape index (κ1) is 14.5. The van der Waals surface area contributed by atoms with Crippen LogP contribution >= 0.6 is 11.3 Å². The Morgan fingerprint density at radius 2 is 1.89 bits per heavy atom. The first-order valence-corrected chi connectivity index (χ1v) is 8.18. The van der Waals surface area contributed by atoms with Crippen molar-refractivity contribution in [1.29, 1.82) is 0 Å². The van der Waals surface area contributed by atoms with Crippen LogP contribution in [-0.4, -0.2) is 17.6 Å². The van der Waals surface area contributed by atoms with Gasteiger partial charge in [-0.05, 0) is 26.7 Å². The zero-order chi connectivity index (χ0) is 13.7. The van der Waals surface area contributed by atoms with Crippen LogP contribution in [0.25, 0.3) is 0 Å². The van der Waals surface area contributed by atoms with Gasteiger partial charge in [0, 0.05) is 10.8 Å². The van der Waals surface area contributed by atoms with Crippen LogP contribution in [0, 0.1) is 6.92 Å². The van der Waals surface area contributed by atoms with Crippen LogP contribution in [0.15, 0.2) is 0 Å². The second-order valence-corrected chi connectivity index (χ2v) is 6.45. The predicted octanol–water partition coefficient (Wildman–Crippen LogP) is 4.46. The van der Waals surface area contributed by atoms with Gasteiger partial charge in [0.1, 0.15) is 0 Å². The van der Waals surface area contributed by atoms with Gasteiger partial charge in [-0.3, -0.25) is 0 Å². The average molecular weight is 281 g/mol. The molecule has 0 aliphatic heterocycles. The quantitative estimate of drug-likeness (QED) is 0.768. The van der Waals surface area contributed by atoms with Gasteiger partial charge in [0.05, 0.1) is 11.6 Å². The monoisotopic (exact) mass is 281 g/mol. The summed E-state index contributed by atoms with van der Waals surface area (Å²) in [4.78, 5) is 17.4. The summed E-state index contributed by atoms with van der Waals surface area (Å²) in [7, 11) is 0. The molecular weight excluding hydrogens is 258 g/mol. The molecule has 0 bridgehead atoms. The van der Waals surface area contributed by atoms with E-state index >= 15 is 0 Å². The van der Waals surface area contributed by atoms with Crippen molar-refractivity contribution < 1.29 is 9.53 Å². The summed E-state index contributed by atoms with van der Waals surface area (Å²) in [5.74, 6) is 0.278.